The van der Waals surface area contributed by atoms with Crippen LogP contribution in [-0.4, -0.2) is 13.2 Å². The lowest BCUT2D eigenvalue weighted by Crippen LogP contribution is -2.23. The third kappa shape index (κ3) is 4.65. The van der Waals surface area contributed by atoms with E-state index in [2.05, 4.69) is 13.8 Å². The number of hydrogen-bond donors (Lipinski definition) is 1. The molecule has 18 heavy (non-hydrogen) atoms. The zero-order chi connectivity index (χ0) is 13.6. The molecule has 1 aromatic carbocycles. The molecular formula is C15H24FNO. The SMILES string of the molecule is Cc1cccc(OCCCCC(C)(C)CN)c1F. The number of ether oxygens (including phenoxy) is 1. The van der Waals surface area contributed by atoms with Crippen molar-refractivity contribution in [3.05, 3.63) is 29.6 Å². The van der Waals surface area contributed by atoms with Crippen molar-refractivity contribution in [3.63, 3.8) is 0 Å². The molecule has 0 unspecified atom stereocenters. The maximum atomic E-state index is 13.6. The van der Waals surface area contributed by atoms with E-state index in [1.54, 1.807) is 19.1 Å². The molecule has 1 rings (SSSR count). The van der Waals surface area contributed by atoms with Gasteiger partial charge in [-0.2, -0.15) is 0 Å². The van der Waals surface area contributed by atoms with Gasteiger partial charge in [0.1, 0.15) is 0 Å². The molecule has 0 radical (unpaired) electrons. The highest BCUT2D eigenvalue weighted by Gasteiger charge is 2.14. The summed E-state index contributed by atoms with van der Waals surface area (Å²) in [5.74, 6) is 0.105. The number of unbranched alkanes of at least 4 members (excludes halogenated alkanes) is 1. The number of nitrogens with two attached hydrogens (primary N) is 1. The van der Waals surface area contributed by atoms with Gasteiger partial charge in [0.05, 0.1) is 6.61 Å². The van der Waals surface area contributed by atoms with Crippen LogP contribution in [0.5, 0.6) is 5.75 Å². The Labute approximate surface area is 109 Å². The van der Waals surface area contributed by atoms with Gasteiger partial charge in [-0.25, -0.2) is 4.39 Å². The Bertz CT molecular complexity index is 377. The second-order valence-corrected chi connectivity index (χ2v) is 5.56. The molecule has 0 bridgehead atoms. The van der Waals surface area contributed by atoms with Crippen molar-refractivity contribution in [2.75, 3.05) is 13.2 Å². The number of benzene rings is 1. The second-order valence-electron chi connectivity index (χ2n) is 5.56. The Balaban J connectivity index is 2.28. The summed E-state index contributed by atoms with van der Waals surface area (Å²) in [6, 6.07) is 5.23. The van der Waals surface area contributed by atoms with E-state index in [4.69, 9.17) is 10.5 Å². The predicted molar refractivity (Wildman–Crippen MR) is 73.3 cm³/mol. The van der Waals surface area contributed by atoms with Crippen LogP contribution in [0.3, 0.4) is 0 Å². The van der Waals surface area contributed by atoms with E-state index in [-0.39, 0.29) is 11.2 Å². The molecule has 0 amide bonds. The fraction of sp³-hybridized carbons (Fsp3) is 0.600. The summed E-state index contributed by atoms with van der Waals surface area (Å²) in [7, 11) is 0. The van der Waals surface area contributed by atoms with Crippen molar-refractivity contribution >= 4 is 0 Å². The van der Waals surface area contributed by atoms with E-state index < -0.39 is 0 Å². The van der Waals surface area contributed by atoms with Crippen molar-refractivity contribution < 1.29 is 9.13 Å². The Hall–Kier alpha value is -1.09. The molecule has 0 aliphatic carbocycles. The predicted octanol–water partition coefficient (Wildman–Crippen LogP) is 3.67. The summed E-state index contributed by atoms with van der Waals surface area (Å²) in [6.07, 6.45) is 3.05. The van der Waals surface area contributed by atoms with Crippen molar-refractivity contribution in [2.24, 2.45) is 11.1 Å². The van der Waals surface area contributed by atoms with Gasteiger partial charge in [-0.1, -0.05) is 26.0 Å². The molecule has 2 N–H and O–H groups in total. The lowest BCUT2D eigenvalue weighted by molar-refractivity contribution is 0.269. The molecule has 0 saturated heterocycles. The van der Waals surface area contributed by atoms with E-state index in [0.717, 1.165) is 19.3 Å². The van der Waals surface area contributed by atoms with Crippen LogP contribution in [0, 0.1) is 18.2 Å². The fourth-order valence-electron chi connectivity index (χ4n) is 1.72. The van der Waals surface area contributed by atoms with Gasteiger partial charge in [-0.15, -0.1) is 0 Å². The second kappa shape index (κ2) is 6.74. The van der Waals surface area contributed by atoms with Crippen molar-refractivity contribution in [3.8, 4) is 5.75 Å². The topological polar surface area (TPSA) is 35.2 Å². The molecule has 0 aromatic heterocycles. The highest BCUT2D eigenvalue weighted by Crippen LogP contribution is 2.22. The lowest BCUT2D eigenvalue weighted by atomic mass is 9.87. The van der Waals surface area contributed by atoms with Crippen LogP contribution in [0.15, 0.2) is 18.2 Å². The summed E-state index contributed by atoms with van der Waals surface area (Å²) >= 11 is 0. The highest BCUT2D eigenvalue weighted by molar-refractivity contribution is 5.29. The lowest BCUT2D eigenvalue weighted by Gasteiger charge is -2.21. The van der Waals surface area contributed by atoms with Gasteiger partial charge >= 0.3 is 0 Å². The van der Waals surface area contributed by atoms with Crippen molar-refractivity contribution in [2.45, 2.75) is 40.0 Å². The first kappa shape index (κ1) is 15.0. The Morgan fingerprint density at radius 3 is 2.67 bits per heavy atom. The number of hydrogen-bond acceptors (Lipinski definition) is 2. The molecular weight excluding hydrogens is 229 g/mol. The van der Waals surface area contributed by atoms with Gasteiger partial charge in [-0.3, -0.25) is 0 Å². The molecule has 0 aliphatic rings. The van der Waals surface area contributed by atoms with E-state index in [1.165, 1.54) is 0 Å². The summed E-state index contributed by atoms with van der Waals surface area (Å²) in [6.45, 7) is 7.31. The monoisotopic (exact) mass is 253 g/mol. The quantitative estimate of drug-likeness (QED) is 0.752. The standard InChI is InChI=1S/C15H24FNO/c1-12-7-6-8-13(14(12)16)18-10-5-4-9-15(2,3)11-17/h6-8H,4-5,9-11,17H2,1-3H3. The molecule has 3 heteroatoms. The third-order valence-corrected chi connectivity index (χ3v) is 3.21. The number of aryl methyl sites for hydroxylation is 1. The summed E-state index contributed by atoms with van der Waals surface area (Å²) < 4.78 is 19.1. The van der Waals surface area contributed by atoms with Crippen LogP contribution >= 0.6 is 0 Å². The zero-order valence-electron chi connectivity index (χ0n) is 11.6. The van der Waals surface area contributed by atoms with Crippen LogP contribution in [0.1, 0.15) is 38.7 Å². The van der Waals surface area contributed by atoms with Crippen molar-refractivity contribution in [1.29, 1.82) is 0 Å². The molecule has 0 heterocycles. The largest absolute Gasteiger partial charge is 0.491 e. The number of rotatable bonds is 7. The molecule has 0 spiro atoms. The molecule has 0 saturated carbocycles. The number of halogens is 1. The van der Waals surface area contributed by atoms with Crippen LogP contribution < -0.4 is 10.5 Å². The third-order valence-electron chi connectivity index (χ3n) is 3.21. The minimum absolute atomic E-state index is 0.189. The maximum absolute atomic E-state index is 13.6. The minimum Gasteiger partial charge on any atom is -0.491 e. The average molecular weight is 253 g/mol. The molecule has 2 nitrogen and oxygen atoms in total. The summed E-state index contributed by atoms with van der Waals surface area (Å²) in [5.41, 5.74) is 6.48. The zero-order valence-corrected chi connectivity index (χ0v) is 11.6. The van der Waals surface area contributed by atoms with Crippen LogP contribution in [0.2, 0.25) is 0 Å². The van der Waals surface area contributed by atoms with E-state index in [9.17, 15) is 4.39 Å². The fourth-order valence-corrected chi connectivity index (χ4v) is 1.72. The maximum Gasteiger partial charge on any atom is 0.167 e. The first-order valence-electron chi connectivity index (χ1n) is 6.54. The molecule has 102 valence electrons. The highest BCUT2D eigenvalue weighted by atomic mass is 19.1. The summed E-state index contributed by atoms with van der Waals surface area (Å²) in [4.78, 5) is 0. The van der Waals surface area contributed by atoms with Crippen molar-refractivity contribution in [1.82, 2.24) is 0 Å². The van der Waals surface area contributed by atoms with Gasteiger partial charge in [0.2, 0.25) is 0 Å². The van der Waals surface area contributed by atoms with Crippen LogP contribution in [0.25, 0.3) is 0 Å². The Kier molecular flexibility index (Phi) is 5.60. The van der Waals surface area contributed by atoms with E-state index >= 15 is 0 Å². The van der Waals surface area contributed by atoms with Crippen LogP contribution in [-0.2, 0) is 0 Å². The van der Waals surface area contributed by atoms with Crippen LogP contribution in [0.4, 0.5) is 4.39 Å². The smallest absolute Gasteiger partial charge is 0.167 e. The van der Waals surface area contributed by atoms with E-state index in [0.29, 0.717) is 24.5 Å². The van der Waals surface area contributed by atoms with Gasteiger partial charge in [-0.05, 0) is 49.8 Å². The first-order chi connectivity index (χ1) is 8.46. The van der Waals surface area contributed by atoms with E-state index in [1.807, 2.05) is 6.07 Å². The Morgan fingerprint density at radius 1 is 1.28 bits per heavy atom. The molecule has 0 aliphatic heterocycles. The molecule has 0 atom stereocenters. The normalized spacial score (nSPS) is 11.6. The first-order valence-corrected chi connectivity index (χ1v) is 6.54. The average Bonchev–Trinajstić information content (AvgIpc) is 2.34. The van der Waals surface area contributed by atoms with Gasteiger partial charge in [0.25, 0.3) is 0 Å². The van der Waals surface area contributed by atoms with Gasteiger partial charge in [0, 0.05) is 0 Å². The summed E-state index contributed by atoms with van der Waals surface area (Å²) in [5, 5.41) is 0. The minimum atomic E-state index is -0.250. The molecule has 1 aromatic rings. The van der Waals surface area contributed by atoms with Gasteiger partial charge in [0.15, 0.2) is 11.6 Å². The molecule has 0 fully saturated rings. The van der Waals surface area contributed by atoms with Gasteiger partial charge < -0.3 is 10.5 Å². The Morgan fingerprint density at radius 2 is 2.00 bits per heavy atom.